The highest BCUT2D eigenvalue weighted by Gasteiger charge is 2.34. The first-order valence-electron chi connectivity index (χ1n) is 5.38. The molecule has 2 rings (SSSR count). The number of rotatable bonds is 3. The minimum atomic E-state index is 0.769. The third kappa shape index (κ3) is 2.03. The zero-order valence-electron chi connectivity index (χ0n) is 8.46. The molecule has 0 bridgehead atoms. The zero-order chi connectivity index (χ0) is 9.10. The number of piperazine rings is 1. The molecule has 0 radical (unpaired) electrons. The van der Waals surface area contributed by atoms with Crippen LogP contribution in [0.1, 0.15) is 19.3 Å². The molecule has 3 nitrogen and oxygen atoms in total. The molecule has 1 heterocycles. The van der Waals surface area contributed by atoms with Crippen LogP contribution in [0.3, 0.4) is 0 Å². The van der Waals surface area contributed by atoms with Crippen molar-refractivity contribution in [2.24, 2.45) is 0 Å². The van der Waals surface area contributed by atoms with E-state index in [1.165, 1.54) is 25.8 Å². The predicted molar refractivity (Wildman–Crippen MR) is 52.9 cm³/mol. The van der Waals surface area contributed by atoms with Gasteiger partial charge in [-0.25, -0.2) is 0 Å². The van der Waals surface area contributed by atoms with E-state index in [9.17, 15) is 0 Å². The van der Waals surface area contributed by atoms with Gasteiger partial charge in [-0.15, -0.1) is 0 Å². The molecule has 0 aromatic carbocycles. The van der Waals surface area contributed by atoms with Crippen molar-refractivity contribution in [2.45, 2.75) is 31.3 Å². The van der Waals surface area contributed by atoms with Gasteiger partial charge in [0.15, 0.2) is 0 Å². The van der Waals surface area contributed by atoms with Gasteiger partial charge in [-0.1, -0.05) is 6.42 Å². The normalized spacial score (nSPS) is 34.8. The van der Waals surface area contributed by atoms with Crippen LogP contribution in [-0.2, 0) is 4.74 Å². The molecule has 0 spiro atoms. The van der Waals surface area contributed by atoms with Gasteiger partial charge < -0.3 is 10.1 Å². The van der Waals surface area contributed by atoms with E-state index in [1.807, 2.05) is 0 Å². The van der Waals surface area contributed by atoms with Gasteiger partial charge in [-0.2, -0.15) is 0 Å². The van der Waals surface area contributed by atoms with Gasteiger partial charge in [0.25, 0.3) is 0 Å². The Kier molecular flexibility index (Phi) is 3.19. The maximum absolute atomic E-state index is 5.13. The lowest BCUT2D eigenvalue weighted by Gasteiger charge is -2.38. The first kappa shape index (κ1) is 9.44. The number of nitrogens with zero attached hydrogens (tertiary/aromatic N) is 1. The van der Waals surface area contributed by atoms with Crippen LogP contribution >= 0.6 is 0 Å². The zero-order valence-corrected chi connectivity index (χ0v) is 8.46. The van der Waals surface area contributed by atoms with E-state index < -0.39 is 0 Å². The van der Waals surface area contributed by atoms with Crippen molar-refractivity contribution in [1.29, 1.82) is 0 Å². The summed E-state index contributed by atoms with van der Waals surface area (Å²) in [5, 5.41) is 3.60. The third-order valence-electron chi connectivity index (χ3n) is 3.34. The second-order valence-corrected chi connectivity index (χ2v) is 4.09. The molecule has 1 aliphatic carbocycles. The summed E-state index contributed by atoms with van der Waals surface area (Å²) in [5.74, 6) is 0. The Bertz CT molecular complexity index is 163. The number of fused-ring (bicyclic) bond motifs is 1. The van der Waals surface area contributed by atoms with Crippen molar-refractivity contribution in [1.82, 2.24) is 10.2 Å². The minimum absolute atomic E-state index is 0.769. The van der Waals surface area contributed by atoms with Gasteiger partial charge in [-0.3, -0.25) is 4.90 Å². The standard InChI is InChI=1S/C10H20N2O/c1-13-8-7-12-6-5-11-9-3-2-4-10(9)12/h9-11H,2-8H2,1H3/t9-,10-/m1/s1. The van der Waals surface area contributed by atoms with E-state index in [0.29, 0.717) is 0 Å². The molecule has 2 aliphatic rings. The molecule has 1 N–H and O–H groups in total. The number of hydrogen-bond donors (Lipinski definition) is 1. The lowest BCUT2D eigenvalue weighted by Crippen LogP contribution is -2.55. The first-order valence-corrected chi connectivity index (χ1v) is 5.38. The van der Waals surface area contributed by atoms with Crippen LogP contribution in [0.5, 0.6) is 0 Å². The van der Waals surface area contributed by atoms with Crippen molar-refractivity contribution in [3.8, 4) is 0 Å². The number of methoxy groups -OCH3 is 1. The summed E-state index contributed by atoms with van der Waals surface area (Å²) >= 11 is 0. The molecule has 3 heteroatoms. The summed E-state index contributed by atoms with van der Waals surface area (Å²) in [4.78, 5) is 2.59. The summed E-state index contributed by atoms with van der Waals surface area (Å²) in [6.45, 7) is 4.35. The van der Waals surface area contributed by atoms with Crippen LogP contribution in [0, 0.1) is 0 Å². The van der Waals surface area contributed by atoms with Crippen molar-refractivity contribution < 1.29 is 4.74 Å². The first-order chi connectivity index (χ1) is 6.42. The Morgan fingerprint density at radius 3 is 3.23 bits per heavy atom. The highest BCUT2D eigenvalue weighted by atomic mass is 16.5. The molecule has 1 saturated heterocycles. The number of ether oxygens (including phenoxy) is 1. The summed E-state index contributed by atoms with van der Waals surface area (Å²) in [6.07, 6.45) is 4.14. The predicted octanol–water partition coefficient (Wildman–Crippen LogP) is 0.459. The molecule has 76 valence electrons. The van der Waals surface area contributed by atoms with Gasteiger partial charge in [0.05, 0.1) is 6.61 Å². The van der Waals surface area contributed by atoms with E-state index >= 15 is 0 Å². The van der Waals surface area contributed by atoms with E-state index in [0.717, 1.165) is 31.8 Å². The molecule has 1 saturated carbocycles. The largest absolute Gasteiger partial charge is 0.383 e. The van der Waals surface area contributed by atoms with Crippen LogP contribution in [0.25, 0.3) is 0 Å². The number of nitrogens with one attached hydrogen (secondary N) is 1. The average Bonchev–Trinajstić information content (AvgIpc) is 2.62. The fourth-order valence-electron chi connectivity index (χ4n) is 2.66. The summed E-state index contributed by atoms with van der Waals surface area (Å²) in [5.41, 5.74) is 0. The lowest BCUT2D eigenvalue weighted by atomic mass is 10.1. The molecule has 0 amide bonds. The Hall–Kier alpha value is -0.120. The Morgan fingerprint density at radius 2 is 2.38 bits per heavy atom. The monoisotopic (exact) mass is 184 g/mol. The smallest absolute Gasteiger partial charge is 0.0589 e. The molecule has 2 atom stereocenters. The highest BCUT2D eigenvalue weighted by Crippen LogP contribution is 2.25. The van der Waals surface area contributed by atoms with Crippen LogP contribution in [0.2, 0.25) is 0 Å². The highest BCUT2D eigenvalue weighted by molar-refractivity contribution is 4.93. The molecule has 2 fully saturated rings. The topological polar surface area (TPSA) is 24.5 Å². The summed E-state index contributed by atoms with van der Waals surface area (Å²) < 4.78 is 5.13. The van der Waals surface area contributed by atoms with Crippen molar-refractivity contribution >= 4 is 0 Å². The lowest BCUT2D eigenvalue weighted by molar-refractivity contribution is 0.0910. The Morgan fingerprint density at radius 1 is 1.46 bits per heavy atom. The van der Waals surface area contributed by atoms with E-state index in [4.69, 9.17) is 4.74 Å². The molecule has 0 aromatic heterocycles. The SMILES string of the molecule is COCCN1CCN[C@@H]2CCC[C@H]21. The van der Waals surface area contributed by atoms with Crippen molar-refractivity contribution in [2.75, 3.05) is 33.4 Å². The van der Waals surface area contributed by atoms with Gasteiger partial charge >= 0.3 is 0 Å². The van der Waals surface area contributed by atoms with Crippen molar-refractivity contribution in [3.05, 3.63) is 0 Å². The summed E-state index contributed by atoms with van der Waals surface area (Å²) in [7, 11) is 1.79. The van der Waals surface area contributed by atoms with Crippen LogP contribution < -0.4 is 5.32 Å². The van der Waals surface area contributed by atoms with Crippen LogP contribution in [0.15, 0.2) is 0 Å². The van der Waals surface area contributed by atoms with Gasteiger partial charge in [0.2, 0.25) is 0 Å². The molecular formula is C10H20N2O. The third-order valence-corrected chi connectivity index (χ3v) is 3.34. The fourth-order valence-corrected chi connectivity index (χ4v) is 2.66. The number of hydrogen-bond acceptors (Lipinski definition) is 3. The van der Waals surface area contributed by atoms with Crippen LogP contribution in [0.4, 0.5) is 0 Å². The van der Waals surface area contributed by atoms with Gasteiger partial charge in [0.1, 0.15) is 0 Å². The average molecular weight is 184 g/mol. The molecule has 0 unspecified atom stereocenters. The Labute approximate surface area is 80.4 Å². The minimum Gasteiger partial charge on any atom is -0.383 e. The molecule has 0 aromatic rings. The maximum atomic E-state index is 5.13. The van der Waals surface area contributed by atoms with E-state index in [-0.39, 0.29) is 0 Å². The molecule has 13 heavy (non-hydrogen) atoms. The molecule has 1 aliphatic heterocycles. The summed E-state index contributed by atoms with van der Waals surface area (Å²) in [6, 6.07) is 1.56. The molecular weight excluding hydrogens is 164 g/mol. The fraction of sp³-hybridized carbons (Fsp3) is 1.00. The second kappa shape index (κ2) is 4.40. The van der Waals surface area contributed by atoms with E-state index in [2.05, 4.69) is 10.2 Å². The Balaban J connectivity index is 1.86. The van der Waals surface area contributed by atoms with Gasteiger partial charge in [0, 0.05) is 38.8 Å². The van der Waals surface area contributed by atoms with Crippen molar-refractivity contribution in [3.63, 3.8) is 0 Å². The second-order valence-electron chi connectivity index (χ2n) is 4.09. The van der Waals surface area contributed by atoms with E-state index in [1.54, 1.807) is 7.11 Å². The maximum Gasteiger partial charge on any atom is 0.0589 e. The van der Waals surface area contributed by atoms with Gasteiger partial charge in [-0.05, 0) is 12.8 Å². The van der Waals surface area contributed by atoms with Crippen LogP contribution in [-0.4, -0.2) is 50.3 Å². The quantitative estimate of drug-likeness (QED) is 0.689.